The molecule has 1 unspecified atom stereocenters. The van der Waals surface area contributed by atoms with Crippen LogP contribution in [0.2, 0.25) is 0 Å². The number of carboxylic acids is 1. The van der Waals surface area contributed by atoms with Gasteiger partial charge in [-0.25, -0.2) is 4.79 Å². The van der Waals surface area contributed by atoms with Gasteiger partial charge in [-0.3, -0.25) is 0 Å². The zero-order chi connectivity index (χ0) is 22.4. The maximum atomic E-state index is 11.0. The molecule has 0 fully saturated rings. The Morgan fingerprint density at radius 2 is 1.77 bits per heavy atom. The maximum absolute atomic E-state index is 11.0. The van der Waals surface area contributed by atoms with Gasteiger partial charge in [0.05, 0.1) is 15.2 Å². The van der Waals surface area contributed by atoms with Gasteiger partial charge >= 0.3 is 5.97 Å². The average molecular weight is 549 g/mol. The van der Waals surface area contributed by atoms with Gasteiger partial charge < -0.3 is 19.8 Å². The maximum Gasteiger partial charge on any atom is 0.347 e. The number of oxime groups is 1. The molecule has 0 amide bonds. The van der Waals surface area contributed by atoms with Crippen LogP contribution in [0, 0.1) is 0 Å². The van der Waals surface area contributed by atoms with E-state index in [0.717, 1.165) is 5.56 Å². The lowest BCUT2D eigenvalue weighted by Crippen LogP contribution is -2.20. The summed E-state index contributed by atoms with van der Waals surface area (Å²) in [5.41, 5.74) is 2.22. The summed E-state index contributed by atoms with van der Waals surface area (Å²) in [5.74, 6) is 0.194. The number of phenolic OH excluding ortho intramolecular Hbond substituents is 1. The van der Waals surface area contributed by atoms with E-state index >= 15 is 0 Å². The van der Waals surface area contributed by atoms with E-state index in [-0.39, 0.29) is 5.75 Å². The van der Waals surface area contributed by atoms with Gasteiger partial charge in [0.1, 0.15) is 11.5 Å². The summed E-state index contributed by atoms with van der Waals surface area (Å²) in [5, 5.41) is 23.0. The SMILES string of the molecule is CCC(ON=Cc1cc(Br)c(Oc2ccc(O)c(-c3ccccc3)c2)c(Br)c1)C(=O)O. The van der Waals surface area contributed by atoms with Crippen molar-refractivity contribution in [3.05, 3.63) is 75.2 Å². The Hall–Kier alpha value is -2.84. The molecule has 160 valence electrons. The van der Waals surface area contributed by atoms with Gasteiger partial charge in [0.25, 0.3) is 0 Å². The van der Waals surface area contributed by atoms with Crippen molar-refractivity contribution in [2.24, 2.45) is 5.16 Å². The Morgan fingerprint density at radius 3 is 2.39 bits per heavy atom. The second-order valence-corrected chi connectivity index (χ2v) is 8.24. The zero-order valence-electron chi connectivity index (χ0n) is 16.5. The second kappa shape index (κ2) is 10.5. The van der Waals surface area contributed by atoms with Crippen LogP contribution < -0.4 is 4.74 Å². The van der Waals surface area contributed by atoms with Crippen molar-refractivity contribution in [1.82, 2.24) is 0 Å². The number of rotatable bonds is 8. The number of aromatic hydroxyl groups is 1. The van der Waals surface area contributed by atoms with Crippen molar-refractivity contribution in [3.63, 3.8) is 0 Å². The number of carbonyl (C=O) groups is 1. The fourth-order valence-electron chi connectivity index (χ4n) is 2.76. The first-order valence-corrected chi connectivity index (χ1v) is 10.9. The molecule has 0 radical (unpaired) electrons. The normalized spacial score (nSPS) is 12.0. The minimum atomic E-state index is -1.06. The fraction of sp³-hybridized carbons (Fsp3) is 0.130. The molecular formula is C23H19Br2NO5. The lowest BCUT2D eigenvalue weighted by molar-refractivity contribution is -0.150. The molecule has 31 heavy (non-hydrogen) atoms. The molecule has 3 aromatic rings. The monoisotopic (exact) mass is 547 g/mol. The van der Waals surface area contributed by atoms with Crippen LogP contribution in [0.3, 0.4) is 0 Å². The predicted octanol–water partition coefficient (Wildman–Crippen LogP) is 6.59. The Balaban J connectivity index is 1.81. The van der Waals surface area contributed by atoms with E-state index < -0.39 is 12.1 Å². The number of ether oxygens (including phenoxy) is 1. The number of phenols is 1. The zero-order valence-corrected chi connectivity index (χ0v) is 19.6. The van der Waals surface area contributed by atoms with E-state index in [1.165, 1.54) is 6.21 Å². The van der Waals surface area contributed by atoms with Gasteiger partial charge in [-0.05, 0) is 79.7 Å². The molecule has 0 aromatic heterocycles. The smallest absolute Gasteiger partial charge is 0.347 e. The summed E-state index contributed by atoms with van der Waals surface area (Å²) in [4.78, 5) is 16.0. The predicted molar refractivity (Wildman–Crippen MR) is 126 cm³/mol. The first kappa shape index (κ1) is 22.8. The van der Waals surface area contributed by atoms with Crippen molar-refractivity contribution < 1.29 is 24.6 Å². The molecule has 0 aliphatic rings. The average Bonchev–Trinajstić information content (AvgIpc) is 2.75. The first-order valence-electron chi connectivity index (χ1n) is 9.36. The van der Waals surface area contributed by atoms with E-state index in [9.17, 15) is 9.90 Å². The number of carboxylic acid groups (broad SMARTS) is 1. The highest BCUT2D eigenvalue weighted by Crippen LogP contribution is 2.40. The highest BCUT2D eigenvalue weighted by atomic mass is 79.9. The molecule has 0 saturated heterocycles. The van der Waals surface area contributed by atoms with Crippen molar-refractivity contribution >= 4 is 44.0 Å². The topological polar surface area (TPSA) is 88.4 Å². The third kappa shape index (κ3) is 5.86. The molecule has 2 N–H and O–H groups in total. The van der Waals surface area contributed by atoms with Gasteiger partial charge in [-0.15, -0.1) is 0 Å². The summed E-state index contributed by atoms with van der Waals surface area (Å²) in [7, 11) is 0. The molecule has 0 aliphatic heterocycles. The molecule has 0 saturated carbocycles. The summed E-state index contributed by atoms with van der Waals surface area (Å²) in [6.07, 6.45) is 0.752. The molecule has 8 heteroatoms. The molecular weight excluding hydrogens is 530 g/mol. The van der Waals surface area contributed by atoms with E-state index in [2.05, 4.69) is 37.0 Å². The molecule has 0 bridgehead atoms. The van der Waals surface area contributed by atoms with Gasteiger partial charge in [0.15, 0.2) is 5.75 Å². The van der Waals surface area contributed by atoms with Crippen LogP contribution in [0.15, 0.2) is 74.8 Å². The highest BCUT2D eigenvalue weighted by molar-refractivity contribution is 9.11. The third-order valence-corrected chi connectivity index (χ3v) is 5.51. The van der Waals surface area contributed by atoms with Crippen molar-refractivity contribution in [2.45, 2.75) is 19.4 Å². The number of nitrogens with zero attached hydrogens (tertiary/aromatic N) is 1. The summed E-state index contributed by atoms with van der Waals surface area (Å²) in [6.45, 7) is 1.71. The van der Waals surface area contributed by atoms with Crippen LogP contribution in [0.1, 0.15) is 18.9 Å². The summed E-state index contributed by atoms with van der Waals surface area (Å²) < 4.78 is 7.36. The van der Waals surface area contributed by atoms with Crippen LogP contribution >= 0.6 is 31.9 Å². The van der Waals surface area contributed by atoms with Gasteiger partial charge in [0.2, 0.25) is 6.10 Å². The number of benzene rings is 3. The van der Waals surface area contributed by atoms with Gasteiger partial charge in [-0.2, -0.15) is 0 Å². The van der Waals surface area contributed by atoms with E-state index in [0.29, 0.717) is 38.0 Å². The molecule has 0 heterocycles. The number of hydrogen-bond acceptors (Lipinski definition) is 5. The Kier molecular flexibility index (Phi) is 7.70. The molecule has 3 rings (SSSR count). The molecule has 6 nitrogen and oxygen atoms in total. The van der Waals surface area contributed by atoms with Crippen LogP contribution in [0.4, 0.5) is 0 Å². The molecule has 0 spiro atoms. The van der Waals surface area contributed by atoms with E-state index in [4.69, 9.17) is 14.7 Å². The van der Waals surface area contributed by atoms with Crippen molar-refractivity contribution in [2.75, 3.05) is 0 Å². The minimum absolute atomic E-state index is 0.162. The number of hydrogen-bond donors (Lipinski definition) is 2. The second-order valence-electron chi connectivity index (χ2n) is 6.54. The highest BCUT2D eigenvalue weighted by Gasteiger charge is 2.16. The Bertz CT molecular complexity index is 1080. The number of aliphatic carboxylic acids is 1. The first-order chi connectivity index (χ1) is 14.9. The minimum Gasteiger partial charge on any atom is -0.507 e. The lowest BCUT2D eigenvalue weighted by atomic mass is 10.0. The van der Waals surface area contributed by atoms with Crippen molar-refractivity contribution in [1.29, 1.82) is 0 Å². The van der Waals surface area contributed by atoms with Crippen molar-refractivity contribution in [3.8, 4) is 28.4 Å². The van der Waals surface area contributed by atoms with E-state index in [1.807, 2.05) is 30.3 Å². The Morgan fingerprint density at radius 1 is 1.10 bits per heavy atom. The van der Waals surface area contributed by atoms with Crippen LogP contribution in [-0.2, 0) is 9.63 Å². The molecule has 1 atom stereocenters. The summed E-state index contributed by atoms with van der Waals surface area (Å²) in [6, 6.07) is 18.1. The molecule has 0 aliphatic carbocycles. The Labute approximate surface area is 196 Å². The fourth-order valence-corrected chi connectivity index (χ4v) is 4.14. The largest absolute Gasteiger partial charge is 0.507 e. The van der Waals surface area contributed by atoms with Gasteiger partial charge in [-0.1, -0.05) is 42.4 Å². The number of halogens is 2. The lowest BCUT2D eigenvalue weighted by Gasteiger charge is -2.13. The summed E-state index contributed by atoms with van der Waals surface area (Å²) >= 11 is 6.98. The standard InChI is InChI=1S/C23H19Br2NO5/c1-2-21(23(28)29)31-26-13-14-10-18(24)22(19(25)11-14)30-16-8-9-20(27)17(12-16)15-6-4-3-5-7-15/h3-13,21,27H,2H2,1H3,(H,28,29). The quantitative estimate of drug-likeness (QED) is 0.245. The van der Waals surface area contributed by atoms with Crippen LogP contribution in [-0.4, -0.2) is 28.5 Å². The van der Waals surface area contributed by atoms with Crippen LogP contribution in [0.5, 0.6) is 17.2 Å². The molecule has 3 aromatic carbocycles. The van der Waals surface area contributed by atoms with Crippen LogP contribution in [0.25, 0.3) is 11.1 Å². The third-order valence-electron chi connectivity index (χ3n) is 4.33. The van der Waals surface area contributed by atoms with Gasteiger partial charge in [0, 0.05) is 5.56 Å². The van der Waals surface area contributed by atoms with E-state index in [1.54, 1.807) is 37.3 Å².